The zero-order valence-electron chi connectivity index (χ0n) is 8.56. The molecule has 0 amide bonds. The van der Waals surface area contributed by atoms with Crippen LogP contribution in [0.5, 0.6) is 0 Å². The van der Waals surface area contributed by atoms with Crippen LogP contribution in [0, 0.1) is 0 Å². The Kier molecular flexibility index (Phi) is 2.35. The van der Waals surface area contributed by atoms with Crippen molar-refractivity contribution in [3.05, 3.63) is 17.8 Å². The zero-order chi connectivity index (χ0) is 11.1. The topological polar surface area (TPSA) is 86.2 Å². The number of nitrogens with two attached hydrogens (primary N) is 1. The minimum atomic E-state index is -2.92. The highest BCUT2D eigenvalue weighted by molar-refractivity contribution is 7.91. The maximum absolute atomic E-state index is 11.4. The van der Waals surface area contributed by atoms with Gasteiger partial charge in [-0.15, -0.1) is 0 Å². The summed E-state index contributed by atoms with van der Waals surface area (Å²) in [4.78, 5) is 3.99. The second kappa shape index (κ2) is 3.31. The molecule has 6 heteroatoms. The van der Waals surface area contributed by atoms with Crippen molar-refractivity contribution in [2.24, 2.45) is 5.73 Å². The lowest BCUT2D eigenvalue weighted by atomic mass is 9.88. The Morgan fingerprint density at radius 2 is 2.40 bits per heavy atom. The average molecular weight is 230 g/mol. The third-order valence-corrected chi connectivity index (χ3v) is 4.73. The molecule has 1 aromatic rings. The minimum absolute atomic E-state index is 0.138. The van der Waals surface area contributed by atoms with Crippen LogP contribution < -0.4 is 5.73 Å². The van der Waals surface area contributed by atoms with Crippen LogP contribution in [0.2, 0.25) is 0 Å². The van der Waals surface area contributed by atoms with Crippen molar-refractivity contribution in [1.29, 1.82) is 0 Å². The molecular weight excluding hydrogens is 216 g/mol. The maximum atomic E-state index is 11.4. The molecule has 0 bridgehead atoms. The molecule has 1 aliphatic rings. The van der Waals surface area contributed by atoms with Gasteiger partial charge in [0.2, 0.25) is 5.89 Å². The highest BCUT2D eigenvalue weighted by Gasteiger charge is 2.42. The van der Waals surface area contributed by atoms with Gasteiger partial charge in [0.05, 0.1) is 24.2 Å². The number of sulfone groups is 1. The highest BCUT2D eigenvalue weighted by atomic mass is 32.2. The van der Waals surface area contributed by atoms with Crippen LogP contribution in [0.25, 0.3) is 0 Å². The minimum Gasteiger partial charge on any atom is -0.444 e. The number of oxazole rings is 1. The first-order chi connectivity index (χ1) is 6.95. The third kappa shape index (κ3) is 1.91. The number of nitrogens with zero attached hydrogens (tertiary/aromatic N) is 1. The summed E-state index contributed by atoms with van der Waals surface area (Å²) in [5, 5.41) is 0. The summed E-state index contributed by atoms with van der Waals surface area (Å²) in [5.41, 5.74) is 4.95. The molecule has 2 heterocycles. The molecule has 0 saturated carbocycles. The fourth-order valence-electron chi connectivity index (χ4n) is 1.89. The van der Waals surface area contributed by atoms with Crippen molar-refractivity contribution < 1.29 is 12.8 Å². The molecule has 2 rings (SSSR count). The van der Waals surface area contributed by atoms with E-state index in [0.717, 1.165) is 0 Å². The van der Waals surface area contributed by atoms with Crippen molar-refractivity contribution in [1.82, 2.24) is 4.98 Å². The van der Waals surface area contributed by atoms with Crippen molar-refractivity contribution in [2.45, 2.75) is 25.3 Å². The van der Waals surface area contributed by atoms with Crippen molar-refractivity contribution in [2.75, 3.05) is 11.5 Å². The Labute approximate surface area is 88.6 Å². The Hall–Kier alpha value is -0.880. The largest absolute Gasteiger partial charge is 0.444 e. The van der Waals surface area contributed by atoms with Crippen LogP contribution in [0.1, 0.15) is 25.0 Å². The molecule has 5 nitrogen and oxygen atoms in total. The van der Waals surface area contributed by atoms with Gasteiger partial charge in [0, 0.05) is 5.41 Å². The molecule has 0 aromatic carbocycles. The van der Waals surface area contributed by atoms with E-state index in [2.05, 4.69) is 4.98 Å². The van der Waals surface area contributed by atoms with E-state index in [1.54, 1.807) is 6.20 Å². The van der Waals surface area contributed by atoms with Gasteiger partial charge in [0.15, 0.2) is 9.84 Å². The van der Waals surface area contributed by atoms with Crippen LogP contribution in [-0.4, -0.2) is 24.9 Å². The SMILES string of the molecule is CC1(c2cnc(CN)o2)CCS(=O)(=O)C1. The van der Waals surface area contributed by atoms with Gasteiger partial charge in [-0.2, -0.15) is 0 Å². The monoisotopic (exact) mass is 230 g/mol. The third-order valence-electron chi connectivity index (χ3n) is 2.83. The molecular formula is C9H14N2O3S. The van der Waals surface area contributed by atoms with E-state index in [9.17, 15) is 8.42 Å². The lowest BCUT2D eigenvalue weighted by Gasteiger charge is -2.17. The van der Waals surface area contributed by atoms with Gasteiger partial charge >= 0.3 is 0 Å². The normalized spacial score (nSPS) is 29.5. The first-order valence-electron chi connectivity index (χ1n) is 4.81. The molecule has 0 radical (unpaired) electrons. The Morgan fingerprint density at radius 3 is 2.87 bits per heavy atom. The van der Waals surface area contributed by atoms with Crippen LogP contribution in [-0.2, 0) is 21.8 Å². The second-order valence-corrected chi connectivity index (χ2v) is 6.41. The first kappa shape index (κ1) is 10.6. The van der Waals surface area contributed by atoms with Gasteiger partial charge < -0.3 is 10.2 Å². The lowest BCUT2D eigenvalue weighted by Crippen LogP contribution is -2.22. The zero-order valence-corrected chi connectivity index (χ0v) is 9.38. The summed E-state index contributed by atoms with van der Waals surface area (Å²) in [6.45, 7) is 2.13. The first-order valence-corrected chi connectivity index (χ1v) is 6.63. The molecule has 1 aromatic heterocycles. The van der Waals surface area contributed by atoms with Crippen LogP contribution >= 0.6 is 0 Å². The second-order valence-electron chi connectivity index (χ2n) is 4.23. The van der Waals surface area contributed by atoms with Gasteiger partial charge in [0.25, 0.3) is 0 Å². The Bertz CT molecular complexity index is 465. The quantitative estimate of drug-likeness (QED) is 0.784. The van der Waals surface area contributed by atoms with E-state index < -0.39 is 15.3 Å². The lowest BCUT2D eigenvalue weighted by molar-refractivity contribution is 0.368. The predicted octanol–water partition coefficient (Wildman–Crippen LogP) is 0.210. The number of aromatic nitrogens is 1. The van der Waals surface area contributed by atoms with E-state index >= 15 is 0 Å². The fraction of sp³-hybridized carbons (Fsp3) is 0.667. The summed E-state index contributed by atoms with van der Waals surface area (Å²) in [6.07, 6.45) is 2.18. The molecule has 84 valence electrons. The molecule has 0 aliphatic carbocycles. The number of rotatable bonds is 2. The van der Waals surface area contributed by atoms with Gasteiger partial charge in [-0.1, -0.05) is 6.92 Å². The van der Waals surface area contributed by atoms with E-state index in [1.165, 1.54) is 0 Å². The van der Waals surface area contributed by atoms with E-state index in [4.69, 9.17) is 10.2 Å². The molecule has 2 N–H and O–H groups in total. The number of hydrogen-bond acceptors (Lipinski definition) is 5. The van der Waals surface area contributed by atoms with E-state index in [0.29, 0.717) is 18.1 Å². The molecule has 1 atom stereocenters. The Morgan fingerprint density at radius 1 is 1.67 bits per heavy atom. The van der Waals surface area contributed by atoms with Gasteiger partial charge in [-0.05, 0) is 6.42 Å². The maximum Gasteiger partial charge on any atom is 0.208 e. The van der Waals surface area contributed by atoms with Gasteiger partial charge in [0.1, 0.15) is 5.76 Å². The van der Waals surface area contributed by atoms with Gasteiger partial charge in [-0.25, -0.2) is 13.4 Å². The van der Waals surface area contributed by atoms with Crippen molar-refractivity contribution in [3.63, 3.8) is 0 Å². The van der Waals surface area contributed by atoms with Crippen LogP contribution in [0.15, 0.2) is 10.6 Å². The highest BCUT2D eigenvalue weighted by Crippen LogP contribution is 2.35. The fourth-order valence-corrected chi connectivity index (χ4v) is 4.05. The standard InChI is InChI=1S/C9H14N2O3S/c1-9(2-3-15(12,13)6-9)7-5-11-8(4-10)14-7/h5H,2-4,6,10H2,1H3. The summed E-state index contributed by atoms with van der Waals surface area (Å²) in [7, 11) is -2.92. The van der Waals surface area contributed by atoms with Crippen LogP contribution in [0.4, 0.5) is 0 Å². The average Bonchev–Trinajstić information content (AvgIpc) is 2.71. The molecule has 1 saturated heterocycles. The smallest absolute Gasteiger partial charge is 0.208 e. The summed E-state index contributed by atoms with van der Waals surface area (Å²) in [5.74, 6) is 1.45. The summed E-state index contributed by atoms with van der Waals surface area (Å²) in [6, 6.07) is 0. The van der Waals surface area contributed by atoms with Crippen molar-refractivity contribution in [3.8, 4) is 0 Å². The molecule has 0 spiro atoms. The Balaban J connectivity index is 2.31. The summed E-state index contributed by atoms with van der Waals surface area (Å²) >= 11 is 0. The van der Waals surface area contributed by atoms with Gasteiger partial charge in [-0.3, -0.25) is 0 Å². The number of hydrogen-bond donors (Lipinski definition) is 1. The molecule has 15 heavy (non-hydrogen) atoms. The molecule has 1 unspecified atom stereocenters. The molecule has 1 fully saturated rings. The van der Waals surface area contributed by atoms with Crippen molar-refractivity contribution >= 4 is 9.84 Å². The molecule has 1 aliphatic heterocycles. The predicted molar refractivity (Wildman–Crippen MR) is 55.0 cm³/mol. The van der Waals surface area contributed by atoms with Crippen LogP contribution in [0.3, 0.4) is 0 Å². The summed E-state index contributed by atoms with van der Waals surface area (Å²) < 4.78 is 28.2. The van der Waals surface area contributed by atoms with E-state index in [-0.39, 0.29) is 18.1 Å². The van der Waals surface area contributed by atoms with E-state index in [1.807, 2.05) is 6.92 Å².